The van der Waals surface area contributed by atoms with Crippen LogP contribution in [0.4, 0.5) is 5.69 Å². The van der Waals surface area contributed by atoms with Crippen LogP contribution in [0, 0.1) is 0 Å². The van der Waals surface area contributed by atoms with Crippen molar-refractivity contribution in [2.45, 2.75) is 25.8 Å². The van der Waals surface area contributed by atoms with Gasteiger partial charge >= 0.3 is 0 Å². The van der Waals surface area contributed by atoms with Crippen molar-refractivity contribution in [1.82, 2.24) is 4.90 Å². The van der Waals surface area contributed by atoms with E-state index < -0.39 is 5.54 Å². The summed E-state index contributed by atoms with van der Waals surface area (Å²) >= 11 is 5.56. The minimum absolute atomic E-state index is 0.00448. The maximum absolute atomic E-state index is 12.9. The average molecular weight is 350 g/mol. The van der Waals surface area contributed by atoms with Gasteiger partial charge in [-0.15, -0.1) is 6.58 Å². The molecule has 0 N–H and O–H groups in total. The Kier molecular flexibility index (Phi) is 4.73. The van der Waals surface area contributed by atoms with Gasteiger partial charge in [-0.25, -0.2) is 0 Å². The predicted molar refractivity (Wildman–Crippen MR) is 107 cm³/mol. The minimum Gasteiger partial charge on any atom is -0.331 e. The van der Waals surface area contributed by atoms with Crippen molar-refractivity contribution in [3.8, 4) is 0 Å². The molecule has 0 unspecified atom stereocenters. The summed E-state index contributed by atoms with van der Waals surface area (Å²) in [5.74, 6) is -0.00448. The van der Waals surface area contributed by atoms with E-state index in [1.807, 2.05) is 49.1 Å². The van der Waals surface area contributed by atoms with Gasteiger partial charge in [0.2, 0.25) is 0 Å². The quantitative estimate of drug-likeness (QED) is 0.597. The molecular weight excluding hydrogens is 328 g/mol. The molecule has 2 aromatic carbocycles. The molecule has 0 atom stereocenters. The number of carbonyl (C=O) groups is 1. The van der Waals surface area contributed by atoms with Crippen molar-refractivity contribution < 1.29 is 4.79 Å². The molecule has 0 aliphatic carbocycles. The molecule has 1 amide bonds. The third-order valence-electron chi connectivity index (χ3n) is 4.58. The summed E-state index contributed by atoms with van der Waals surface area (Å²) in [4.78, 5) is 16.4. The fourth-order valence-corrected chi connectivity index (χ4v) is 3.58. The molecule has 0 saturated carbocycles. The molecule has 1 heterocycles. The van der Waals surface area contributed by atoms with E-state index in [0.29, 0.717) is 11.7 Å². The highest BCUT2D eigenvalue weighted by molar-refractivity contribution is 7.80. The van der Waals surface area contributed by atoms with Crippen LogP contribution in [0.3, 0.4) is 0 Å². The Morgan fingerprint density at radius 3 is 2.24 bits per heavy atom. The summed E-state index contributed by atoms with van der Waals surface area (Å²) in [6.07, 6.45) is 2.64. The second kappa shape index (κ2) is 6.81. The van der Waals surface area contributed by atoms with Gasteiger partial charge in [0.15, 0.2) is 5.11 Å². The third kappa shape index (κ3) is 3.22. The van der Waals surface area contributed by atoms with Crippen molar-refractivity contribution >= 4 is 28.9 Å². The summed E-state index contributed by atoms with van der Waals surface area (Å²) in [6, 6.07) is 18.4. The Labute approximate surface area is 154 Å². The molecule has 3 rings (SSSR count). The van der Waals surface area contributed by atoms with Gasteiger partial charge in [0.1, 0.15) is 5.54 Å². The predicted octanol–water partition coefficient (Wildman–Crippen LogP) is 4.18. The van der Waals surface area contributed by atoms with Gasteiger partial charge in [0.05, 0.1) is 5.69 Å². The number of nitrogens with zero attached hydrogens (tertiary/aromatic N) is 2. The molecule has 1 aliphatic rings. The smallest absolute Gasteiger partial charge is 0.258 e. The maximum Gasteiger partial charge on any atom is 0.258 e. The third-order valence-corrected chi connectivity index (χ3v) is 4.98. The van der Waals surface area contributed by atoms with E-state index in [0.717, 1.165) is 12.1 Å². The number of rotatable bonds is 5. The van der Waals surface area contributed by atoms with Crippen LogP contribution >= 0.6 is 12.2 Å². The van der Waals surface area contributed by atoms with E-state index in [9.17, 15) is 4.79 Å². The van der Waals surface area contributed by atoms with Crippen LogP contribution in [-0.2, 0) is 11.2 Å². The Morgan fingerprint density at radius 2 is 1.64 bits per heavy atom. The number of amides is 1. The zero-order valence-corrected chi connectivity index (χ0v) is 15.4. The van der Waals surface area contributed by atoms with Gasteiger partial charge in [0, 0.05) is 6.54 Å². The van der Waals surface area contributed by atoms with Gasteiger partial charge in [0.25, 0.3) is 5.91 Å². The molecule has 3 nitrogen and oxygen atoms in total. The molecular formula is C21H22N2OS. The number of carbonyl (C=O) groups excluding carboxylic acids is 1. The molecule has 128 valence electrons. The highest BCUT2D eigenvalue weighted by Gasteiger charge is 2.48. The van der Waals surface area contributed by atoms with Crippen LogP contribution in [0.15, 0.2) is 67.3 Å². The van der Waals surface area contributed by atoms with Gasteiger partial charge in [-0.1, -0.05) is 48.5 Å². The minimum atomic E-state index is -0.659. The number of anilines is 1. The van der Waals surface area contributed by atoms with Crippen LogP contribution in [-0.4, -0.2) is 28.0 Å². The van der Waals surface area contributed by atoms with E-state index >= 15 is 0 Å². The summed E-state index contributed by atoms with van der Waals surface area (Å²) in [5, 5.41) is 0.533. The number of hydrogen-bond acceptors (Lipinski definition) is 2. The molecule has 0 bridgehead atoms. The molecule has 1 fully saturated rings. The Hall–Kier alpha value is -2.46. The lowest BCUT2D eigenvalue weighted by atomic mass is 10.0. The molecule has 25 heavy (non-hydrogen) atoms. The van der Waals surface area contributed by atoms with Gasteiger partial charge in [-0.3, -0.25) is 9.69 Å². The highest BCUT2D eigenvalue weighted by atomic mass is 32.1. The van der Waals surface area contributed by atoms with Crippen molar-refractivity contribution in [1.29, 1.82) is 0 Å². The molecule has 0 spiro atoms. The van der Waals surface area contributed by atoms with E-state index in [1.54, 1.807) is 11.0 Å². The van der Waals surface area contributed by atoms with Crippen LogP contribution in [0.25, 0.3) is 0 Å². The fourth-order valence-electron chi connectivity index (χ4n) is 3.09. The highest BCUT2D eigenvalue weighted by Crippen LogP contribution is 2.32. The maximum atomic E-state index is 12.9. The summed E-state index contributed by atoms with van der Waals surface area (Å²) in [7, 11) is 0. The van der Waals surface area contributed by atoms with Crippen molar-refractivity contribution in [3.63, 3.8) is 0 Å². The first-order chi connectivity index (χ1) is 11.9. The monoisotopic (exact) mass is 350 g/mol. The van der Waals surface area contributed by atoms with Crippen LogP contribution in [0.2, 0.25) is 0 Å². The van der Waals surface area contributed by atoms with Crippen molar-refractivity contribution in [3.05, 3.63) is 78.4 Å². The van der Waals surface area contributed by atoms with Crippen LogP contribution in [0.5, 0.6) is 0 Å². The Balaban J connectivity index is 1.83. The second-order valence-corrected chi connectivity index (χ2v) is 7.08. The molecule has 1 saturated heterocycles. The largest absolute Gasteiger partial charge is 0.331 e. The zero-order chi connectivity index (χ0) is 18.0. The topological polar surface area (TPSA) is 23.6 Å². The first-order valence-corrected chi connectivity index (χ1v) is 8.76. The molecule has 0 radical (unpaired) electrons. The zero-order valence-electron chi connectivity index (χ0n) is 14.6. The van der Waals surface area contributed by atoms with Gasteiger partial charge < -0.3 is 4.90 Å². The fraction of sp³-hybridized carbons (Fsp3) is 0.238. The van der Waals surface area contributed by atoms with Gasteiger partial charge in [-0.05, 0) is 55.7 Å². The second-order valence-electron chi connectivity index (χ2n) is 6.71. The summed E-state index contributed by atoms with van der Waals surface area (Å²) in [6.45, 7) is 8.12. The van der Waals surface area contributed by atoms with E-state index in [1.165, 1.54) is 11.1 Å². The summed E-state index contributed by atoms with van der Waals surface area (Å²) in [5.41, 5.74) is 2.62. The lowest BCUT2D eigenvalue weighted by Gasteiger charge is -2.27. The van der Waals surface area contributed by atoms with Crippen molar-refractivity contribution in [2.24, 2.45) is 0 Å². The van der Waals surface area contributed by atoms with Gasteiger partial charge in [-0.2, -0.15) is 0 Å². The average Bonchev–Trinajstić information content (AvgIpc) is 2.77. The lowest BCUT2D eigenvalue weighted by molar-refractivity contribution is -0.123. The first-order valence-electron chi connectivity index (χ1n) is 8.35. The molecule has 4 heteroatoms. The number of benzene rings is 2. The summed E-state index contributed by atoms with van der Waals surface area (Å²) < 4.78 is 0. The normalized spacial score (nSPS) is 16.4. The van der Waals surface area contributed by atoms with E-state index in [2.05, 4.69) is 30.8 Å². The Bertz CT molecular complexity index is 796. The van der Waals surface area contributed by atoms with Crippen molar-refractivity contribution in [2.75, 3.05) is 11.4 Å². The molecule has 0 aromatic heterocycles. The standard InChI is InChI=1S/C21H22N2OS/c1-4-14-22-20(25)23(19(24)21(22,2)3)18-12-10-17(11-13-18)15-16-8-6-5-7-9-16/h4-13H,1,14-15H2,2-3H3. The van der Waals surface area contributed by atoms with E-state index in [-0.39, 0.29) is 5.91 Å². The van der Waals surface area contributed by atoms with E-state index in [4.69, 9.17) is 12.2 Å². The number of thiocarbonyl (C=S) groups is 1. The number of hydrogen-bond donors (Lipinski definition) is 0. The lowest BCUT2D eigenvalue weighted by Crippen LogP contribution is -2.44. The molecule has 1 aliphatic heterocycles. The first kappa shape index (κ1) is 17.4. The SMILES string of the molecule is C=CCN1C(=S)N(c2ccc(Cc3ccccc3)cc2)C(=O)C1(C)C. The molecule has 2 aromatic rings. The van der Waals surface area contributed by atoms with Crippen LogP contribution in [0.1, 0.15) is 25.0 Å². The van der Waals surface area contributed by atoms with Crippen LogP contribution < -0.4 is 4.90 Å². The Morgan fingerprint density at radius 1 is 1.04 bits per heavy atom.